The largest absolute Gasteiger partial charge is 0.299 e. The van der Waals surface area contributed by atoms with Crippen molar-refractivity contribution in [1.82, 2.24) is 9.55 Å². The Morgan fingerprint density at radius 2 is 2.06 bits per heavy atom. The van der Waals surface area contributed by atoms with Crippen LogP contribution in [0.4, 0.5) is 0 Å². The van der Waals surface area contributed by atoms with E-state index in [1.165, 1.54) is 0 Å². The number of halogens is 1. The summed E-state index contributed by atoms with van der Waals surface area (Å²) in [5.74, 6) is 0. The molecule has 0 aliphatic heterocycles. The van der Waals surface area contributed by atoms with E-state index in [0.717, 1.165) is 27.5 Å². The SMILES string of the molecule is O=Cc1ccc2c(c1)ncn2-c1cccc(Br)c1. The maximum Gasteiger partial charge on any atom is 0.150 e. The van der Waals surface area contributed by atoms with Gasteiger partial charge in [-0.1, -0.05) is 22.0 Å². The Labute approximate surface area is 112 Å². The first-order valence-electron chi connectivity index (χ1n) is 5.46. The van der Waals surface area contributed by atoms with Crippen molar-refractivity contribution in [2.75, 3.05) is 0 Å². The minimum Gasteiger partial charge on any atom is -0.299 e. The van der Waals surface area contributed by atoms with Gasteiger partial charge >= 0.3 is 0 Å². The van der Waals surface area contributed by atoms with E-state index in [2.05, 4.69) is 20.9 Å². The van der Waals surface area contributed by atoms with Crippen molar-refractivity contribution in [3.05, 3.63) is 58.8 Å². The molecule has 0 bridgehead atoms. The second-order valence-electron chi connectivity index (χ2n) is 3.96. The van der Waals surface area contributed by atoms with Gasteiger partial charge in [0, 0.05) is 15.7 Å². The lowest BCUT2D eigenvalue weighted by Gasteiger charge is -2.04. The van der Waals surface area contributed by atoms with Gasteiger partial charge in [-0.3, -0.25) is 9.36 Å². The van der Waals surface area contributed by atoms with E-state index in [-0.39, 0.29) is 0 Å². The normalized spacial score (nSPS) is 10.7. The van der Waals surface area contributed by atoms with Crippen molar-refractivity contribution >= 4 is 33.2 Å². The maximum atomic E-state index is 10.7. The zero-order chi connectivity index (χ0) is 12.5. The third-order valence-corrected chi connectivity index (χ3v) is 3.29. The van der Waals surface area contributed by atoms with Gasteiger partial charge in [0.25, 0.3) is 0 Å². The molecule has 2 aromatic carbocycles. The van der Waals surface area contributed by atoms with Crippen molar-refractivity contribution in [2.45, 2.75) is 0 Å². The van der Waals surface area contributed by atoms with Crippen LogP contribution in [0, 0.1) is 0 Å². The second-order valence-corrected chi connectivity index (χ2v) is 4.88. The zero-order valence-corrected chi connectivity index (χ0v) is 11.0. The molecule has 88 valence electrons. The van der Waals surface area contributed by atoms with Crippen molar-refractivity contribution < 1.29 is 4.79 Å². The fraction of sp³-hybridized carbons (Fsp3) is 0. The van der Waals surface area contributed by atoms with Gasteiger partial charge in [-0.2, -0.15) is 0 Å². The Kier molecular flexibility index (Phi) is 2.72. The summed E-state index contributed by atoms with van der Waals surface area (Å²) < 4.78 is 3.01. The van der Waals surface area contributed by atoms with Gasteiger partial charge in [0.15, 0.2) is 0 Å². The summed E-state index contributed by atoms with van der Waals surface area (Å²) in [6, 6.07) is 13.5. The molecule has 0 saturated carbocycles. The van der Waals surface area contributed by atoms with Crippen LogP contribution in [0.25, 0.3) is 16.7 Å². The van der Waals surface area contributed by atoms with Crippen LogP contribution in [-0.4, -0.2) is 15.8 Å². The molecule has 1 aromatic heterocycles. The number of hydrogen-bond donors (Lipinski definition) is 0. The Balaban J connectivity index is 2.21. The van der Waals surface area contributed by atoms with E-state index >= 15 is 0 Å². The zero-order valence-electron chi connectivity index (χ0n) is 9.38. The molecule has 0 aliphatic carbocycles. The van der Waals surface area contributed by atoms with E-state index in [4.69, 9.17) is 0 Å². The lowest BCUT2D eigenvalue weighted by atomic mass is 10.2. The first-order chi connectivity index (χ1) is 8.78. The minimum atomic E-state index is 0.641. The molecule has 0 fully saturated rings. The van der Waals surface area contributed by atoms with Crippen LogP contribution in [0.5, 0.6) is 0 Å². The first kappa shape index (κ1) is 11.2. The van der Waals surface area contributed by atoms with E-state index in [9.17, 15) is 4.79 Å². The quantitative estimate of drug-likeness (QED) is 0.678. The number of aromatic nitrogens is 2. The highest BCUT2D eigenvalue weighted by atomic mass is 79.9. The van der Waals surface area contributed by atoms with E-state index in [0.29, 0.717) is 5.56 Å². The molecule has 0 amide bonds. The molecule has 18 heavy (non-hydrogen) atoms. The van der Waals surface area contributed by atoms with Gasteiger partial charge in [-0.25, -0.2) is 4.98 Å². The number of imidazole rings is 1. The number of carbonyl (C=O) groups excluding carboxylic acids is 1. The van der Waals surface area contributed by atoms with Gasteiger partial charge in [0.2, 0.25) is 0 Å². The maximum absolute atomic E-state index is 10.7. The van der Waals surface area contributed by atoms with Crippen LogP contribution >= 0.6 is 15.9 Å². The van der Waals surface area contributed by atoms with Crippen molar-refractivity contribution in [3.63, 3.8) is 0 Å². The van der Waals surface area contributed by atoms with Crippen LogP contribution < -0.4 is 0 Å². The van der Waals surface area contributed by atoms with E-state index < -0.39 is 0 Å². The lowest BCUT2D eigenvalue weighted by Crippen LogP contribution is -1.91. The van der Waals surface area contributed by atoms with Crippen LogP contribution in [0.1, 0.15) is 10.4 Å². The number of hydrogen-bond acceptors (Lipinski definition) is 2. The molecule has 3 aromatic rings. The van der Waals surface area contributed by atoms with E-state index in [1.807, 2.05) is 34.9 Å². The van der Waals surface area contributed by atoms with Gasteiger partial charge in [-0.05, 0) is 36.4 Å². The van der Waals surface area contributed by atoms with E-state index in [1.54, 1.807) is 18.5 Å². The Hall–Kier alpha value is -1.94. The number of carbonyl (C=O) groups is 1. The standard InChI is InChI=1S/C14H9BrN2O/c15-11-2-1-3-12(7-11)17-9-16-13-6-10(8-18)4-5-14(13)17/h1-9H. The average molecular weight is 301 g/mol. The molecular weight excluding hydrogens is 292 g/mol. The summed E-state index contributed by atoms with van der Waals surface area (Å²) in [6.07, 6.45) is 2.60. The predicted molar refractivity (Wildman–Crippen MR) is 74.2 cm³/mol. The van der Waals surface area contributed by atoms with Crippen LogP contribution in [0.3, 0.4) is 0 Å². The molecule has 0 saturated heterocycles. The molecule has 0 spiro atoms. The third-order valence-electron chi connectivity index (χ3n) is 2.79. The summed E-state index contributed by atoms with van der Waals surface area (Å²) in [5.41, 5.74) is 3.48. The molecule has 4 heteroatoms. The monoisotopic (exact) mass is 300 g/mol. The van der Waals surface area contributed by atoms with Crippen LogP contribution in [0.2, 0.25) is 0 Å². The summed E-state index contributed by atoms with van der Waals surface area (Å²) >= 11 is 3.45. The number of fused-ring (bicyclic) bond motifs is 1. The number of nitrogens with zero attached hydrogens (tertiary/aromatic N) is 2. The summed E-state index contributed by atoms with van der Waals surface area (Å²) in [4.78, 5) is 15.1. The average Bonchev–Trinajstić information content (AvgIpc) is 2.81. The summed E-state index contributed by atoms with van der Waals surface area (Å²) in [6.45, 7) is 0. The van der Waals surface area contributed by atoms with Crippen LogP contribution in [0.15, 0.2) is 53.3 Å². The Morgan fingerprint density at radius 3 is 2.83 bits per heavy atom. The molecule has 0 radical (unpaired) electrons. The Morgan fingerprint density at radius 1 is 1.17 bits per heavy atom. The molecule has 0 N–H and O–H groups in total. The second kappa shape index (κ2) is 4.38. The smallest absolute Gasteiger partial charge is 0.150 e. The molecule has 3 nitrogen and oxygen atoms in total. The molecule has 0 atom stereocenters. The fourth-order valence-corrected chi connectivity index (χ4v) is 2.32. The molecule has 0 unspecified atom stereocenters. The topological polar surface area (TPSA) is 34.9 Å². The Bertz CT molecular complexity index is 733. The summed E-state index contributed by atoms with van der Waals surface area (Å²) in [7, 11) is 0. The molecular formula is C14H9BrN2O. The first-order valence-corrected chi connectivity index (χ1v) is 6.25. The summed E-state index contributed by atoms with van der Waals surface area (Å²) in [5, 5.41) is 0. The van der Waals surface area contributed by atoms with Gasteiger partial charge < -0.3 is 0 Å². The molecule has 3 rings (SSSR count). The van der Waals surface area contributed by atoms with Gasteiger partial charge in [0.05, 0.1) is 11.0 Å². The number of aldehydes is 1. The van der Waals surface area contributed by atoms with Crippen molar-refractivity contribution in [2.24, 2.45) is 0 Å². The van der Waals surface area contributed by atoms with Crippen molar-refractivity contribution in [3.8, 4) is 5.69 Å². The van der Waals surface area contributed by atoms with Crippen LogP contribution in [-0.2, 0) is 0 Å². The highest BCUT2D eigenvalue weighted by Crippen LogP contribution is 2.21. The highest BCUT2D eigenvalue weighted by Gasteiger charge is 2.05. The minimum absolute atomic E-state index is 0.641. The van der Waals surface area contributed by atoms with Gasteiger partial charge in [0.1, 0.15) is 12.6 Å². The predicted octanol–water partition coefficient (Wildman–Crippen LogP) is 3.60. The number of benzene rings is 2. The van der Waals surface area contributed by atoms with Gasteiger partial charge in [-0.15, -0.1) is 0 Å². The lowest BCUT2D eigenvalue weighted by molar-refractivity contribution is 0.112. The van der Waals surface area contributed by atoms with Crippen molar-refractivity contribution in [1.29, 1.82) is 0 Å². The molecule has 1 heterocycles. The fourth-order valence-electron chi connectivity index (χ4n) is 1.93. The third kappa shape index (κ3) is 1.84. The molecule has 0 aliphatic rings. The number of rotatable bonds is 2. The highest BCUT2D eigenvalue weighted by molar-refractivity contribution is 9.10.